The standard InChI is InChI=1S/C22H26N6O4/c1-22(11-13-30-14-12-22)32-21(29)24-18-10-6-9-17(23-18)15-31-26-19(20-25-27-28(20)2)16-7-4-3-5-8-16/h3-10,27H,11-15H2,1-2H3,(H,23,24,29)/b26-19-. The topological polar surface area (TPSA) is 116 Å². The third-order valence-electron chi connectivity index (χ3n) is 5.18. The van der Waals surface area contributed by atoms with E-state index in [0.29, 0.717) is 49.1 Å². The zero-order valence-electron chi connectivity index (χ0n) is 18.1. The molecule has 1 fully saturated rings. The molecule has 0 atom stereocenters. The molecule has 1 aliphatic rings. The van der Waals surface area contributed by atoms with Gasteiger partial charge in [-0.2, -0.15) is 0 Å². The quantitative estimate of drug-likeness (QED) is 0.432. The molecule has 2 N–H and O–H groups in total. The molecule has 1 aromatic carbocycles. The minimum absolute atomic E-state index is 0.125. The smallest absolute Gasteiger partial charge is 0.413 e. The molecule has 4 rings (SSSR count). The van der Waals surface area contributed by atoms with Gasteiger partial charge in [0.15, 0.2) is 18.1 Å². The largest absolute Gasteiger partial charge is 0.443 e. The molecule has 32 heavy (non-hydrogen) atoms. The number of amides is 1. The van der Waals surface area contributed by atoms with Crippen molar-refractivity contribution in [2.24, 2.45) is 12.2 Å². The van der Waals surface area contributed by atoms with E-state index in [1.807, 2.05) is 44.3 Å². The van der Waals surface area contributed by atoms with Crippen molar-refractivity contribution in [2.75, 3.05) is 18.5 Å². The van der Waals surface area contributed by atoms with Crippen LogP contribution in [0.4, 0.5) is 10.6 Å². The number of hydrogen-bond donors (Lipinski definition) is 2. The first kappa shape index (κ1) is 21.6. The van der Waals surface area contributed by atoms with Gasteiger partial charge in [0.1, 0.15) is 11.4 Å². The molecule has 2 aromatic heterocycles. The average molecular weight is 438 g/mol. The molecular weight excluding hydrogens is 412 g/mol. The lowest BCUT2D eigenvalue weighted by atomic mass is 9.97. The Morgan fingerprint density at radius 1 is 1.22 bits per heavy atom. The number of ether oxygens (including phenoxy) is 2. The van der Waals surface area contributed by atoms with Gasteiger partial charge >= 0.3 is 6.09 Å². The van der Waals surface area contributed by atoms with Crippen molar-refractivity contribution in [3.63, 3.8) is 0 Å². The number of nitrogens with zero attached hydrogens (tertiary/aromatic N) is 4. The van der Waals surface area contributed by atoms with Gasteiger partial charge < -0.3 is 14.3 Å². The van der Waals surface area contributed by atoms with Crippen LogP contribution in [0.25, 0.3) is 0 Å². The summed E-state index contributed by atoms with van der Waals surface area (Å²) < 4.78 is 12.7. The van der Waals surface area contributed by atoms with Gasteiger partial charge in [0, 0.05) is 25.5 Å². The van der Waals surface area contributed by atoms with Crippen LogP contribution in [-0.4, -0.2) is 50.6 Å². The number of hydrogen-bond acceptors (Lipinski definition) is 7. The highest BCUT2D eigenvalue weighted by atomic mass is 16.6. The average Bonchev–Trinajstić information content (AvgIpc) is 2.78. The minimum atomic E-state index is -0.539. The van der Waals surface area contributed by atoms with Crippen molar-refractivity contribution in [3.05, 3.63) is 65.6 Å². The van der Waals surface area contributed by atoms with E-state index in [9.17, 15) is 4.79 Å². The Hall–Kier alpha value is -3.66. The summed E-state index contributed by atoms with van der Waals surface area (Å²) in [6.45, 7) is 3.20. The first-order valence-electron chi connectivity index (χ1n) is 10.4. The third-order valence-corrected chi connectivity index (χ3v) is 5.18. The SMILES string of the molecule is Cn1[nH]nc1/C(=N\OCc1cccc(NC(=O)OC2(C)CCOCC2)n1)c1ccccc1. The second-order valence-corrected chi connectivity index (χ2v) is 7.76. The number of aryl methyl sites for hydroxylation is 1. The fourth-order valence-electron chi connectivity index (χ4n) is 3.28. The van der Waals surface area contributed by atoms with Gasteiger partial charge in [-0.05, 0) is 19.1 Å². The zero-order chi connectivity index (χ0) is 22.4. The fraction of sp³-hybridized carbons (Fsp3) is 0.364. The second kappa shape index (κ2) is 9.65. The molecule has 0 unspecified atom stereocenters. The lowest BCUT2D eigenvalue weighted by Gasteiger charge is -2.32. The monoisotopic (exact) mass is 438 g/mol. The summed E-state index contributed by atoms with van der Waals surface area (Å²) in [4.78, 5) is 22.3. The van der Waals surface area contributed by atoms with E-state index >= 15 is 0 Å². The van der Waals surface area contributed by atoms with Crippen molar-refractivity contribution in [1.29, 1.82) is 0 Å². The summed E-state index contributed by atoms with van der Waals surface area (Å²) in [7, 11) is 1.84. The van der Waals surface area contributed by atoms with Crippen LogP contribution >= 0.6 is 0 Å². The number of aromatic amines is 1. The van der Waals surface area contributed by atoms with Gasteiger partial charge in [0.25, 0.3) is 0 Å². The predicted octanol–water partition coefficient (Wildman–Crippen LogP) is 3.23. The number of aromatic nitrogens is 4. The molecular formula is C22H26N6O4. The van der Waals surface area contributed by atoms with E-state index in [4.69, 9.17) is 14.3 Å². The highest BCUT2D eigenvalue weighted by Crippen LogP contribution is 2.25. The Balaban J connectivity index is 1.38. The van der Waals surface area contributed by atoms with Crippen LogP contribution in [0.2, 0.25) is 0 Å². The molecule has 0 aliphatic carbocycles. The van der Waals surface area contributed by atoms with Crippen LogP contribution in [0.1, 0.15) is 36.8 Å². The maximum absolute atomic E-state index is 12.3. The second-order valence-electron chi connectivity index (χ2n) is 7.76. The van der Waals surface area contributed by atoms with Crippen molar-refractivity contribution < 1.29 is 19.1 Å². The first-order valence-corrected chi connectivity index (χ1v) is 10.4. The van der Waals surface area contributed by atoms with Gasteiger partial charge in [-0.3, -0.25) is 10.00 Å². The molecule has 3 heterocycles. The van der Waals surface area contributed by atoms with Crippen LogP contribution in [0.15, 0.2) is 53.7 Å². The van der Waals surface area contributed by atoms with Gasteiger partial charge in [0.05, 0.1) is 18.9 Å². The summed E-state index contributed by atoms with van der Waals surface area (Å²) in [5.41, 5.74) is 1.57. The van der Waals surface area contributed by atoms with E-state index in [-0.39, 0.29) is 6.61 Å². The number of carbonyl (C=O) groups excluding carboxylic acids is 1. The lowest BCUT2D eigenvalue weighted by molar-refractivity contribution is -0.0553. The molecule has 3 aromatic rings. The minimum Gasteiger partial charge on any atom is -0.443 e. The van der Waals surface area contributed by atoms with E-state index in [1.165, 1.54) is 0 Å². The number of pyridine rings is 1. The number of rotatable bonds is 7. The fourth-order valence-corrected chi connectivity index (χ4v) is 3.28. The van der Waals surface area contributed by atoms with Crippen LogP contribution in [0.3, 0.4) is 0 Å². The van der Waals surface area contributed by atoms with E-state index < -0.39 is 11.7 Å². The van der Waals surface area contributed by atoms with Gasteiger partial charge in [0.2, 0.25) is 0 Å². The molecule has 0 spiro atoms. The predicted molar refractivity (Wildman–Crippen MR) is 117 cm³/mol. The Labute approximate surface area is 185 Å². The number of anilines is 1. The molecule has 0 radical (unpaired) electrons. The van der Waals surface area contributed by atoms with Crippen LogP contribution in [-0.2, 0) is 28.0 Å². The Bertz CT molecular complexity index is 1070. The molecule has 0 bridgehead atoms. The molecule has 1 amide bonds. The van der Waals surface area contributed by atoms with Crippen molar-refractivity contribution in [2.45, 2.75) is 32.0 Å². The first-order chi connectivity index (χ1) is 15.5. The Morgan fingerprint density at radius 2 is 2.00 bits per heavy atom. The van der Waals surface area contributed by atoms with Crippen molar-refractivity contribution in [1.82, 2.24) is 20.0 Å². The van der Waals surface area contributed by atoms with Crippen molar-refractivity contribution in [3.8, 4) is 0 Å². The summed E-state index contributed by atoms with van der Waals surface area (Å²) in [5, 5.41) is 13.9. The highest BCUT2D eigenvalue weighted by molar-refractivity contribution is 6.10. The van der Waals surface area contributed by atoms with E-state index in [0.717, 1.165) is 5.56 Å². The Morgan fingerprint density at radius 3 is 2.69 bits per heavy atom. The highest BCUT2D eigenvalue weighted by Gasteiger charge is 2.31. The maximum Gasteiger partial charge on any atom is 0.413 e. The van der Waals surface area contributed by atoms with Crippen LogP contribution < -0.4 is 5.32 Å². The molecule has 10 nitrogen and oxygen atoms in total. The molecule has 1 saturated heterocycles. The summed E-state index contributed by atoms with van der Waals surface area (Å²) in [5.74, 6) is 1.05. The van der Waals surface area contributed by atoms with Crippen LogP contribution in [0, 0.1) is 0 Å². The number of nitrogens with one attached hydrogen (secondary N) is 2. The van der Waals surface area contributed by atoms with Gasteiger partial charge in [-0.15, -0.1) is 5.10 Å². The van der Waals surface area contributed by atoms with Gasteiger partial charge in [-0.1, -0.05) is 41.6 Å². The summed E-state index contributed by atoms with van der Waals surface area (Å²) in [6, 6.07) is 14.9. The molecule has 1 aliphatic heterocycles. The molecule has 0 saturated carbocycles. The Kier molecular flexibility index (Phi) is 6.50. The van der Waals surface area contributed by atoms with Gasteiger partial charge in [-0.25, -0.2) is 15.0 Å². The summed E-state index contributed by atoms with van der Waals surface area (Å²) >= 11 is 0. The maximum atomic E-state index is 12.3. The number of H-pyrrole nitrogens is 1. The van der Waals surface area contributed by atoms with E-state index in [2.05, 4.69) is 25.8 Å². The molecule has 10 heteroatoms. The lowest BCUT2D eigenvalue weighted by Crippen LogP contribution is -2.39. The number of benzene rings is 1. The summed E-state index contributed by atoms with van der Waals surface area (Å²) in [6.07, 6.45) is 0.793. The third kappa shape index (κ3) is 5.33. The molecule has 168 valence electrons. The zero-order valence-corrected chi connectivity index (χ0v) is 18.1. The number of oxime groups is 1. The normalized spacial score (nSPS) is 15.9. The van der Waals surface area contributed by atoms with E-state index in [1.54, 1.807) is 22.9 Å². The van der Waals surface area contributed by atoms with Crippen molar-refractivity contribution >= 4 is 17.6 Å². The van der Waals surface area contributed by atoms with Crippen LogP contribution in [0.5, 0.6) is 0 Å². The number of carbonyl (C=O) groups is 1.